The molecule has 0 aromatic rings. The van der Waals surface area contributed by atoms with Crippen LogP contribution in [0.4, 0.5) is 0 Å². The van der Waals surface area contributed by atoms with Gasteiger partial charge in [0, 0.05) is 0 Å². The van der Waals surface area contributed by atoms with E-state index >= 15 is 0 Å². The van der Waals surface area contributed by atoms with Crippen molar-refractivity contribution in [2.45, 2.75) is 152 Å². The van der Waals surface area contributed by atoms with Crippen LogP contribution in [0, 0.1) is 0 Å². The third-order valence-corrected chi connectivity index (χ3v) is 47.3. The van der Waals surface area contributed by atoms with Gasteiger partial charge in [-0.3, -0.25) is 0 Å². The van der Waals surface area contributed by atoms with Crippen LogP contribution < -0.4 is 0 Å². The molecule has 0 amide bonds. The van der Waals surface area contributed by atoms with E-state index in [0.29, 0.717) is 0 Å². The van der Waals surface area contributed by atoms with E-state index in [1.54, 1.807) is 4.44 Å². The molecule has 0 bridgehead atoms. The van der Waals surface area contributed by atoms with Gasteiger partial charge in [0.15, 0.2) is 0 Å². The van der Waals surface area contributed by atoms with Crippen molar-refractivity contribution < 1.29 is 1.41 Å². The summed E-state index contributed by atoms with van der Waals surface area (Å²) in [5.41, 5.74) is 0. The number of unbranched alkanes of at least 4 members (excludes halogenated alkanes) is 7. The maximum absolute atomic E-state index is 7.90. The summed E-state index contributed by atoms with van der Waals surface area (Å²) in [4.78, 5) is 0. The Balaban J connectivity index is 5.69. The van der Waals surface area contributed by atoms with Gasteiger partial charge in [0.25, 0.3) is 0 Å². The predicted octanol–water partition coefficient (Wildman–Crippen LogP) is 10.1. The fourth-order valence-electron chi connectivity index (χ4n) is 4.71. The molecular weight excluding hydrogens is 554 g/mol. The van der Waals surface area contributed by atoms with Crippen LogP contribution in [0.3, 0.4) is 0 Å². The molecule has 0 saturated carbocycles. The average Bonchev–Trinajstić information content (AvgIpc) is 2.71. The van der Waals surface area contributed by atoms with E-state index in [1.165, 1.54) is 106 Å². The normalized spacial score (nSPS) is 12.6. The van der Waals surface area contributed by atoms with Crippen LogP contribution in [-0.2, 0) is 1.41 Å². The monoisotopic (exact) mass is 612 g/mol. The molecule has 0 atom stereocenters. The molecule has 0 rings (SSSR count). The van der Waals surface area contributed by atoms with Crippen LogP contribution in [0.5, 0.6) is 0 Å². The van der Waals surface area contributed by atoms with E-state index in [4.69, 9.17) is 1.41 Å². The van der Waals surface area contributed by atoms with Gasteiger partial charge >= 0.3 is 191 Å². The van der Waals surface area contributed by atoms with E-state index in [1.807, 2.05) is 0 Å². The first-order chi connectivity index (χ1) is 13.6. The Labute approximate surface area is 189 Å². The van der Waals surface area contributed by atoms with E-state index in [2.05, 4.69) is 41.5 Å². The molecule has 0 spiro atoms. The molecule has 0 aliphatic carbocycles. The van der Waals surface area contributed by atoms with Crippen molar-refractivity contribution in [3.05, 3.63) is 0 Å². The van der Waals surface area contributed by atoms with E-state index in [-0.39, 0.29) is 0 Å². The van der Waals surface area contributed by atoms with Gasteiger partial charge in [-0.2, -0.15) is 0 Å². The summed E-state index contributed by atoms with van der Waals surface area (Å²) in [5.74, 6) is 0. The molecule has 0 fully saturated rings. The molecule has 28 heavy (non-hydrogen) atoms. The molecule has 0 unspecified atom stereocenters. The molecule has 1 nitrogen and oxygen atoms in total. The minimum absolute atomic E-state index is 1.36. The Morgan fingerprint density at radius 1 is 0.357 bits per heavy atom. The molecule has 0 aliphatic rings. The molecule has 0 N–H and O–H groups in total. The fourth-order valence-corrected chi connectivity index (χ4v) is 59.5. The first kappa shape index (κ1) is 29.6. The molecule has 0 radical (unpaired) electrons. The Bertz CT molecular complexity index is 303. The van der Waals surface area contributed by atoms with Crippen LogP contribution >= 0.6 is 0 Å². The Morgan fingerprint density at radius 3 is 0.857 bits per heavy atom. The molecule has 0 aromatic carbocycles. The molecule has 170 valence electrons. The second kappa shape index (κ2) is 19.3. The molecular formula is C25H56OSn2. The van der Waals surface area contributed by atoms with Gasteiger partial charge < -0.3 is 0 Å². The van der Waals surface area contributed by atoms with Crippen molar-refractivity contribution in [3.63, 3.8) is 0 Å². The average molecular weight is 610 g/mol. The third-order valence-electron chi connectivity index (χ3n) is 6.60. The summed E-state index contributed by atoms with van der Waals surface area (Å²) in [6.07, 6.45) is 18.3. The van der Waals surface area contributed by atoms with Crippen molar-refractivity contribution in [3.8, 4) is 0 Å². The van der Waals surface area contributed by atoms with Crippen LogP contribution in [0.25, 0.3) is 0 Å². The third kappa shape index (κ3) is 13.1. The predicted molar refractivity (Wildman–Crippen MR) is 136 cm³/mol. The Kier molecular flexibility index (Phi) is 20.3. The molecule has 0 heterocycles. The molecule has 3 heteroatoms. The summed E-state index contributed by atoms with van der Waals surface area (Å²) in [6.45, 7) is 14.3. The number of rotatable bonds is 21. The summed E-state index contributed by atoms with van der Waals surface area (Å²) in [6, 6.07) is 0. The molecule has 0 aliphatic heterocycles. The summed E-state index contributed by atoms with van der Waals surface area (Å²) < 4.78 is 17.1. The van der Waals surface area contributed by atoms with Crippen molar-refractivity contribution >= 4 is 37.6 Å². The van der Waals surface area contributed by atoms with Crippen LogP contribution in [0.15, 0.2) is 0 Å². The van der Waals surface area contributed by atoms with Crippen LogP contribution in [0.2, 0.25) is 26.6 Å². The zero-order valence-corrected chi connectivity index (χ0v) is 26.6. The first-order valence-corrected chi connectivity index (χ1v) is 27.7. The van der Waals surface area contributed by atoms with Gasteiger partial charge in [-0.15, -0.1) is 0 Å². The second-order valence-electron chi connectivity index (χ2n) is 9.44. The van der Waals surface area contributed by atoms with E-state index in [9.17, 15) is 0 Å². The standard InChI is InChI=1S/C5H11.5C4H9.O.2Sn/c1-3-5-4-2;5*1-3-4-2;;;/h1,3-5H2,2H3;5*1,3-4H2,2H3;;;. The van der Waals surface area contributed by atoms with Gasteiger partial charge in [0.1, 0.15) is 0 Å². The summed E-state index contributed by atoms with van der Waals surface area (Å²) >= 11 is -4.96. The van der Waals surface area contributed by atoms with Crippen molar-refractivity contribution in [1.29, 1.82) is 0 Å². The number of hydrogen-bond acceptors (Lipinski definition) is 1. The Hall–Kier alpha value is 1.56. The number of hydrogen-bond donors (Lipinski definition) is 0. The van der Waals surface area contributed by atoms with Crippen molar-refractivity contribution in [2.75, 3.05) is 0 Å². The van der Waals surface area contributed by atoms with Crippen LogP contribution in [0.1, 0.15) is 125 Å². The van der Waals surface area contributed by atoms with E-state index in [0.717, 1.165) is 0 Å². The second-order valence-corrected chi connectivity index (χ2v) is 36.0. The van der Waals surface area contributed by atoms with Crippen molar-refractivity contribution in [1.82, 2.24) is 0 Å². The SMILES string of the molecule is CCCC[CH2][Sn]([CH2]CCC)([CH2]CCC)[O][Sn]([CH2]CCC)([CH2]CCC)[CH2]CCC. The summed E-state index contributed by atoms with van der Waals surface area (Å²) in [5, 5.41) is 0. The van der Waals surface area contributed by atoms with Gasteiger partial charge in [0.05, 0.1) is 0 Å². The minimum atomic E-state index is -2.49. The zero-order valence-electron chi connectivity index (χ0n) is 20.8. The van der Waals surface area contributed by atoms with Crippen LogP contribution in [-0.4, -0.2) is 37.6 Å². The molecule has 0 saturated heterocycles. The first-order valence-electron chi connectivity index (χ1n) is 13.3. The van der Waals surface area contributed by atoms with Crippen molar-refractivity contribution in [2.24, 2.45) is 0 Å². The molecule has 0 aromatic heterocycles. The van der Waals surface area contributed by atoms with Gasteiger partial charge in [-0.05, 0) is 0 Å². The maximum atomic E-state index is 7.90. The van der Waals surface area contributed by atoms with E-state index < -0.39 is 37.6 Å². The zero-order chi connectivity index (χ0) is 21.1. The summed E-state index contributed by atoms with van der Waals surface area (Å²) in [7, 11) is 0. The quantitative estimate of drug-likeness (QED) is 0.0929. The van der Waals surface area contributed by atoms with Gasteiger partial charge in [-0.1, -0.05) is 0 Å². The van der Waals surface area contributed by atoms with Gasteiger partial charge in [0.2, 0.25) is 0 Å². The fraction of sp³-hybridized carbons (Fsp3) is 1.00. The topological polar surface area (TPSA) is 9.23 Å². The Morgan fingerprint density at radius 2 is 0.607 bits per heavy atom. The van der Waals surface area contributed by atoms with Gasteiger partial charge in [-0.25, -0.2) is 0 Å².